The second kappa shape index (κ2) is 5.86. The fourth-order valence-electron chi connectivity index (χ4n) is 2.51. The zero-order valence-electron chi connectivity index (χ0n) is 12.8. The summed E-state index contributed by atoms with van der Waals surface area (Å²) in [6.45, 7) is 11.1. The van der Waals surface area contributed by atoms with E-state index in [1.165, 1.54) is 0 Å². The van der Waals surface area contributed by atoms with Gasteiger partial charge in [0, 0.05) is 19.6 Å². The molecule has 112 valence electrons. The summed E-state index contributed by atoms with van der Waals surface area (Å²) in [7, 11) is -3.17. The first-order valence-electron chi connectivity index (χ1n) is 7.36. The summed E-state index contributed by atoms with van der Waals surface area (Å²) in [5, 5.41) is -0.368. The van der Waals surface area contributed by atoms with Gasteiger partial charge in [0.15, 0.2) is 9.84 Å². The predicted molar refractivity (Wildman–Crippen MR) is 82.4 cm³/mol. The first kappa shape index (κ1) is 15.5. The largest absolute Gasteiger partial charge is 0.298 e. The van der Waals surface area contributed by atoms with Gasteiger partial charge < -0.3 is 0 Å². The van der Waals surface area contributed by atoms with Crippen LogP contribution in [0.2, 0.25) is 0 Å². The Morgan fingerprint density at radius 3 is 2.40 bits per heavy atom. The van der Waals surface area contributed by atoms with Gasteiger partial charge in [-0.25, -0.2) is 8.42 Å². The van der Waals surface area contributed by atoms with Gasteiger partial charge in [0.25, 0.3) is 0 Å². The molecular formula is C16H25NO2S. The van der Waals surface area contributed by atoms with E-state index in [0.29, 0.717) is 4.90 Å². The van der Waals surface area contributed by atoms with E-state index in [1.54, 1.807) is 19.9 Å². The highest BCUT2D eigenvalue weighted by Crippen LogP contribution is 2.26. The van der Waals surface area contributed by atoms with E-state index in [1.807, 2.05) is 18.2 Å². The molecule has 2 rings (SSSR count). The van der Waals surface area contributed by atoms with Crippen LogP contribution in [0.5, 0.6) is 0 Å². The third-order valence-corrected chi connectivity index (χ3v) is 6.33. The highest BCUT2D eigenvalue weighted by Gasteiger charge is 2.29. The van der Waals surface area contributed by atoms with Gasteiger partial charge in [-0.2, -0.15) is 0 Å². The number of likely N-dealkylation sites (tertiary alicyclic amines) is 1. The smallest absolute Gasteiger partial charge is 0.180 e. The Kier molecular flexibility index (Phi) is 4.55. The molecule has 0 amide bonds. The molecule has 1 heterocycles. The first-order chi connectivity index (χ1) is 9.30. The average molecular weight is 295 g/mol. The van der Waals surface area contributed by atoms with Crippen LogP contribution in [0.25, 0.3) is 0 Å². The van der Waals surface area contributed by atoms with Crippen molar-refractivity contribution in [1.82, 2.24) is 4.90 Å². The maximum absolute atomic E-state index is 12.2. The second-order valence-electron chi connectivity index (χ2n) is 6.44. The summed E-state index contributed by atoms with van der Waals surface area (Å²) < 4.78 is 24.4. The van der Waals surface area contributed by atoms with Crippen LogP contribution in [-0.4, -0.2) is 31.7 Å². The zero-order chi connectivity index (χ0) is 14.9. The molecule has 0 saturated carbocycles. The van der Waals surface area contributed by atoms with Crippen molar-refractivity contribution in [3.05, 3.63) is 29.8 Å². The van der Waals surface area contributed by atoms with Crippen LogP contribution in [0, 0.1) is 11.8 Å². The molecule has 1 saturated heterocycles. The average Bonchev–Trinajstić information content (AvgIpc) is 2.33. The Morgan fingerprint density at radius 2 is 1.85 bits per heavy atom. The molecule has 1 fully saturated rings. The van der Waals surface area contributed by atoms with Crippen LogP contribution in [0.1, 0.15) is 33.3 Å². The van der Waals surface area contributed by atoms with Crippen molar-refractivity contribution in [3.8, 4) is 0 Å². The molecule has 0 aliphatic carbocycles. The third kappa shape index (κ3) is 3.23. The van der Waals surface area contributed by atoms with Gasteiger partial charge in [0.2, 0.25) is 0 Å². The zero-order valence-corrected chi connectivity index (χ0v) is 13.7. The predicted octanol–water partition coefficient (Wildman–Crippen LogP) is 2.96. The highest BCUT2D eigenvalue weighted by molar-refractivity contribution is 7.92. The summed E-state index contributed by atoms with van der Waals surface area (Å²) in [6.07, 6.45) is 0. The minimum absolute atomic E-state index is 0.368. The Morgan fingerprint density at radius 1 is 1.20 bits per heavy atom. The Bertz CT molecular complexity index is 558. The van der Waals surface area contributed by atoms with Gasteiger partial charge in [-0.3, -0.25) is 4.90 Å². The van der Waals surface area contributed by atoms with E-state index in [2.05, 4.69) is 18.7 Å². The molecule has 0 bridgehead atoms. The number of rotatable bonds is 5. The summed E-state index contributed by atoms with van der Waals surface area (Å²) in [4.78, 5) is 2.83. The first-order valence-corrected chi connectivity index (χ1v) is 8.90. The van der Waals surface area contributed by atoms with Crippen LogP contribution in [0.3, 0.4) is 0 Å². The topological polar surface area (TPSA) is 37.4 Å². The lowest BCUT2D eigenvalue weighted by molar-refractivity contribution is 0.0614. The van der Waals surface area contributed by atoms with Crippen LogP contribution < -0.4 is 0 Å². The Labute approximate surface area is 122 Å². The fourth-order valence-corrected chi connectivity index (χ4v) is 3.64. The molecular weight excluding hydrogens is 270 g/mol. The Balaban J connectivity index is 2.05. The maximum Gasteiger partial charge on any atom is 0.180 e. The van der Waals surface area contributed by atoms with E-state index >= 15 is 0 Å². The van der Waals surface area contributed by atoms with E-state index in [9.17, 15) is 8.42 Å². The van der Waals surface area contributed by atoms with Crippen LogP contribution in [0.4, 0.5) is 0 Å². The third-order valence-electron chi connectivity index (χ3n) is 4.18. The molecule has 0 N–H and O–H groups in total. The molecule has 1 aliphatic heterocycles. The van der Waals surface area contributed by atoms with E-state index < -0.39 is 9.84 Å². The maximum atomic E-state index is 12.2. The van der Waals surface area contributed by atoms with Crippen LogP contribution >= 0.6 is 0 Å². The van der Waals surface area contributed by atoms with Gasteiger partial charge in [-0.05, 0) is 43.4 Å². The van der Waals surface area contributed by atoms with E-state index in [4.69, 9.17) is 0 Å². The Hall–Kier alpha value is -0.870. The quantitative estimate of drug-likeness (QED) is 0.838. The van der Waals surface area contributed by atoms with Crippen molar-refractivity contribution in [2.45, 2.75) is 44.4 Å². The standard InChI is InChI=1S/C16H25NO2S/c1-12(2)15-10-17(11-15)9-14-6-5-7-16(8-14)20(18,19)13(3)4/h5-8,12-13,15H,9-11H2,1-4H3. The van der Waals surface area contributed by atoms with Crippen molar-refractivity contribution >= 4 is 9.84 Å². The molecule has 0 unspecified atom stereocenters. The number of hydrogen-bond donors (Lipinski definition) is 0. The van der Waals surface area contributed by atoms with Gasteiger partial charge in [0.1, 0.15) is 0 Å². The van der Waals surface area contributed by atoms with Crippen molar-refractivity contribution in [1.29, 1.82) is 0 Å². The van der Waals surface area contributed by atoms with Crippen molar-refractivity contribution in [3.63, 3.8) is 0 Å². The van der Waals surface area contributed by atoms with Crippen LogP contribution in [0.15, 0.2) is 29.2 Å². The monoisotopic (exact) mass is 295 g/mol. The van der Waals surface area contributed by atoms with Gasteiger partial charge in [-0.1, -0.05) is 26.0 Å². The lowest BCUT2D eigenvalue weighted by Crippen LogP contribution is -2.48. The highest BCUT2D eigenvalue weighted by atomic mass is 32.2. The number of nitrogens with zero attached hydrogens (tertiary/aromatic N) is 1. The SMILES string of the molecule is CC(C)C1CN(Cc2cccc(S(=O)(=O)C(C)C)c2)C1. The number of benzene rings is 1. The van der Waals surface area contributed by atoms with Crippen molar-refractivity contribution < 1.29 is 8.42 Å². The fraction of sp³-hybridized carbons (Fsp3) is 0.625. The van der Waals surface area contributed by atoms with Crippen molar-refractivity contribution in [2.75, 3.05) is 13.1 Å². The minimum atomic E-state index is -3.17. The normalized spacial score (nSPS) is 17.7. The summed E-state index contributed by atoms with van der Waals surface area (Å²) in [6, 6.07) is 7.40. The van der Waals surface area contributed by atoms with Crippen molar-refractivity contribution in [2.24, 2.45) is 11.8 Å². The summed E-state index contributed by atoms with van der Waals surface area (Å²) in [5.74, 6) is 1.52. The molecule has 0 spiro atoms. The molecule has 0 atom stereocenters. The molecule has 0 aromatic heterocycles. The molecule has 4 heteroatoms. The number of hydrogen-bond acceptors (Lipinski definition) is 3. The van der Waals surface area contributed by atoms with E-state index in [-0.39, 0.29) is 5.25 Å². The molecule has 1 aromatic rings. The second-order valence-corrected chi connectivity index (χ2v) is 8.94. The molecule has 1 aromatic carbocycles. The summed E-state index contributed by atoms with van der Waals surface area (Å²) >= 11 is 0. The van der Waals surface area contributed by atoms with Gasteiger partial charge >= 0.3 is 0 Å². The minimum Gasteiger partial charge on any atom is -0.298 e. The lowest BCUT2D eigenvalue weighted by Gasteiger charge is -2.41. The van der Waals surface area contributed by atoms with Gasteiger partial charge in [-0.15, -0.1) is 0 Å². The summed E-state index contributed by atoms with van der Waals surface area (Å²) in [5.41, 5.74) is 1.09. The molecule has 3 nitrogen and oxygen atoms in total. The van der Waals surface area contributed by atoms with E-state index in [0.717, 1.165) is 37.0 Å². The molecule has 20 heavy (non-hydrogen) atoms. The molecule has 0 radical (unpaired) electrons. The van der Waals surface area contributed by atoms with Gasteiger partial charge in [0.05, 0.1) is 10.1 Å². The molecule has 1 aliphatic rings. The lowest BCUT2D eigenvalue weighted by atomic mass is 9.88. The number of sulfone groups is 1. The van der Waals surface area contributed by atoms with Crippen LogP contribution in [-0.2, 0) is 16.4 Å².